The number of benzene rings is 6. The molecule has 1 spiro atoms. The van der Waals surface area contributed by atoms with Gasteiger partial charge in [-0.05, 0) is 117 Å². The average molecular weight is 713 g/mol. The van der Waals surface area contributed by atoms with Crippen molar-refractivity contribution in [2.45, 2.75) is 64.6 Å². The molecule has 54 heavy (non-hydrogen) atoms. The van der Waals surface area contributed by atoms with Crippen molar-refractivity contribution in [3.8, 4) is 39.5 Å². The fourth-order valence-electron chi connectivity index (χ4n) is 10.9. The quantitative estimate of drug-likeness (QED) is 0.187. The van der Waals surface area contributed by atoms with E-state index >= 15 is 0 Å². The van der Waals surface area contributed by atoms with E-state index in [9.17, 15) is 5.11 Å². The second kappa shape index (κ2) is 12.4. The molecule has 0 radical (unpaired) electrons. The number of hydrogen-bond donors (Lipinski definition) is 1. The largest absolute Gasteiger partial charge is 0.497 e. The Morgan fingerprint density at radius 1 is 0.648 bits per heavy atom. The molecular weight excluding hydrogens is 665 g/mol. The topological polar surface area (TPSA) is 47.9 Å². The Bertz CT molecular complexity index is 2370. The molecule has 3 aliphatic rings. The van der Waals surface area contributed by atoms with Gasteiger partial charge in [-0.25, -0.2) is 0 Å². The maximum atomic E-state index is 11.0. The van der Waals surface area contributed by atoms with Crippen LogP contribution < -0.4 is 14.2 Å². The number of rotatable bonds is 6. The summed E-state index contributed by atoms with van der Waals surface area (Å²) in [7, 11) is 3.39. The summed E-state index contributed by atoms with van der Waals surface area (Å²) in [5.41, 5.74) is 10.5. The Morgan fingerprint density at radius 3 is 1.83 bits per heavy atom. The molecule has 1 saturated carbocycles. The minimum Gasteiger partial charge on any atom is -0.497 e. The summed E-state index contributed by atoms with van der Waals surface area (Å²) in [6, 6.07) is 40.5. The van der Waals surface area contributed by atoms with Gasteiger partial charge in [0, 0.05) is 27.5 Å². The molecule has 1 N–H and O–H groups in total. The van der Waals surface area contributed by atoms with E-state index in [2.05, 4.69) is 125 Å². The molecule has 6 aromatic carbocycles. The van der Waals surface area contributed by atoms with Gasteiger partial charge in [0.1, 0.15) is 17.2 Å². The highest BCUT2D eigenvalue weighted by atomic mass is 16.5. The van der Waals surface area contributed by atoms with Crippen LogP contribution in [0.25, 0.3) is 39.1 Å². The van der Waals surface area contributed by atoms with Crippen molar-refractivity contribution >= 4 is 16.8 Å². The van der Waals surface area contributed by atoms with E-state index in [1.165, 1.54) is 22.3 Å². The molecule has 0 atom stereocenters. The first-order valence-electron chi connectivity index (χ1n) is 19.1. The minimum atomic E-state index is -0.945. The number of aliphatic hydroxyl groups is 1. The highest BCUT2D eigenvalue weighted by Crippen LogP contribution is 2.67. The maximum Gasteiger partial charge on any atom is 0.178 e. The molecule has 0 aromatic heterocycles. The van der Waals surface area contributed by atoms with Gasteiger partial charge in [0.25, 0.3) is 0 Å². The summed E-state index contributed by atoms with van der Waals surface area (Å²) < 4.78 is 18.9. The molecule has 1 heterocycles. The van der Waals surface area contributed by atoms with Gasteiger partial charge in [0.2, 0.25) is 0 Å². The van der Waals surface area contributed by atoms with Gasteiger partial charge in [-0.2, -0.15) is 0 Å². The van der Waals surface area contributed by atoms with E-state index in [0.29, 0.717) is 0 Å². The molecule has 0 amide bonds. The van der Waals surface area contributed by atoms with Gasteiger partial charge >= 0.3 is 0 Å². The van der Waals surface area contributed by atoms with E-state index in [-0.39, 0.29) is 22.9 Å². The van der Waals surface area contributed by atoms with E-state index in [0.717, 1.165) is 80.7 Å². The first-order chi connectivity index (χ1) is 26.0. The summed E-state index contributed by atoms with van der Waals surface area (Å²) >= 11 is 0. The molecule has 1 fully saturated rings. The van der Waals surface area contributed by atoms with Crippen LogP contribution in [0.15, 0.2) is 121 Å². The van der Waals surface area contributed by atoms with Gasteiger partial charge in [-0.3, -0.25) is 0 Å². The Labute approximate surface area is 319 Å². The third kappa shape index (κ3) is 5.21. The molecule has 0 unspecified atom stereocenters. The predicted molar refractivity (Wildman–Crippen MR) is 219 cm³/mol. The van der Waals surface area contributed by atoms with Crippen molar-refractivity contribution in [3.05, 3.63) is 155 Å². The molecular formula is C50H48O4. The van der Waals surface area contributed by atoms with E-state index < -0.39 is 5.60 Å². The zero-order chi connectivity index (χ0) is 37.5. The second-order valence-electron chi connectivity index (χ2n) is 17.2. The Hall–Kier alpha value is -5.32. The smallest absolute Gasteiger partial charge is 0.178 e. The number of methoxy groups -OCH3 is 2. The lowest BCUT2D eigenvalue weighted by Gasteiger charge is -2.52. The fourth-order valence-corrected chi connectivity index (χ4v) is 10.9. The molecule has 4 heteroatoms. The zero-order valence-corrected chi connectivity index (χ0v) is 32.1. The lowest BCUT2D eigenvalue weighted by molar-refractivity contribution is 0.0642. The SMILES string of the molecule is COc1ccc(C2(c3ccc(OC)cc3)C=Cc3c4c(c5cc(CO)c(-c6ccccc6)cc5c3O2)-c2ccccc2C42CC(C)(C)CC(C)(C)C2)cc1. The molecule has 0 saturated heterocycles. The summed E-state index contributed by atoms with van der Waals surface area (Å²) in [6.45, 7) is 9.73. The third-order valence-electron chi connectivity index (χ3n) is 12.3. The average Bonchev–Trinajstić information content (AvgIpc) is 3.44. The first-order valence-corrected chi connectivity index (χ1v) is 19.1. The minimum absolute atomic E-state index is 0.0682. The Morgan fingerprint density at radius 2 is 1.24 bits per heavy atom. The number of fused-ring (bicyclic) bond motifs is 10. The highest BCUT2D eigenvalue weighted by molar-refractivity contribution is 6.10. The van der Waals surface area contributed by atoms with Crippen molar-refractivity contribution in [2.24, 2.45) is 10.8 Å². The van der Waals surface area contributed by atoms with Crippen LogP contribution in [0, 0.1) is 10.8 Å². The van der Waals surface area contributed by atoms with Gasteiger partial charge in [0.05, 0.1) is 20.8 Å². The van der Waals surface area contributed by atoms with Gasteiger partial charge in [-0.1, -0.05) is 113 Å². The van der Waals surface area contributed by atoms with Crippen LogP contribution in [0.1, 0.15) is 80.3 Å². The lowest BCUT2D eigenvalue weighted by Crippen LogP contribution is -2.44. The van der Waals surface area contributed by atoms with E-state index in [1.807, 2.05) is 30.3 Å². The molecule has 1 aliphatic heterocycles. The highest BCUT2D eigenvalue weighted by Gasteiger charge is 2.55. The van der Waals surface area contributed by atoms with Gasteiger partial charge in [-0.15, -0.1) is 0 Å². The summed E-state index contributed by atoms with van der Waals surface area (Å²) in [6.07, 6.45) is 7.86. The third-order valence-corrected chi connectivity index (χ3v) is 12.3. The van der Waals surface area contributed by atoms with Crippen molar-refractivity contribution in [3.63, 3.8) is 0 Å². The molecule has 6 aromatic rings. The standard InChI is InChI=1S/C50H48O4/c1-47(2)29-48(3,4)31-49(30-47)43-15-11-10-14-38(43)44-41-26-33(28-51)40(32-12-8-7-9-13-32)27-42(41)46-39(45(44)49)24-25-50(54-46,34-16-20-36(52-5)21-17-34)35-18-22-37(53-6)23-19-35/h7-27,51H,28-31H2,1-6H3. The fraction of sp³-hybridized carbons (Fsp3) is 0.280. The van der Waals surface area contributed by atoms with Crippen LogP contribution >= 0.6 is 0 Å². The number of aliphatic hydroxyl groups excluding tert-OH is 1. The maximum absolute atomic E-state index is 11.0. The molecule has 9 rings (SSSR count). The monoisotopic (exact) mass is 712 g/mol. The van der Waals surface area contributed by atoms with Crippen LogP contribution in [0.5, 0.6) is 17.2 Å². The Balaban J connectivity index is 1.41. The molecule has 2 aliphatic carbocycles. The van der Waals surface area contributed by atoms with Crippen LogP contribution in [-0.2, 0) is 17.6 Å². The van der Waals surface area contributed by atoms with E-state index in [1.54, 1.807) is 14.2 Å². The second-order valence-corrected chi connectivity index (χ2v) is 17.2. The summed E-state index contributed by atoms with van der Waals surface area (Å²) in [5.74, 6) is 2.45. The summed E-state index contributed by atoms with van der Waals surface area (Å²) in [4.78, 5) is 0. The molecule has 0 bridgehead atoms. The Kier molecular flexibility index (Phi) is 7.89. The van der Waals surface area contributed by atoms with Crippen molar-refractivity contribution in [1.82, 2.24) is 0 Å². The van der Waals surface area contributed by atoms with E-state index in [4.69, 9.17) is 14.2 Å². The predicted octanol–water partition coefficient (Wildman–Crippen LogP) is 11.9. The van der Waals surface area contributed by atoms with Crippen molar-refractivity contribution < 1.29 is 19.3 Å². The number of ether oxygens (including phenoxy) is 3. The normalized spacial score (nSPS) is 18.1. The van der Waals surface area contributed by atoms with Crippen molar-refractivity contribution in [2.75, 3.05) is 14.2 Å². The first kappa shape index (κ1) is 34.4. The lowest BCUT2D eigenvalue weighted by atomic mass is 9.52. The van der Waals surface area contributed by atoms with Crippen LogP contribution in [0.2, 0.25) is 0 Å². The summed E-state index contributed by atoms with van der Waals surface area (Å²) in [5, 5.41) is 13.2. The van der Waals surface area contributed by atoms with Crippen molar-refractivity contribution in [1.29, 1.82) is 0 Å². The molecule has 272 valence electrons. The number of hydrogen-bond acceptors (Lipinski definition) is 4. The zero-order valence-electron chi connectivity index (χ0n) is 32.1. The van der Waals surface area contributed by atoms with Crippen LogP contribution in [-0.4, -0.2) is 19.3 Å². The van der Waals surface area contributed by atoms with Gasteiger partial charge in [0.15, 0.2) is 5.60 Å². The van der Waals surface area contributed by atoms with Crippen LogP contribution in [0.4, 0.5) is 0 Å². The molecule has 4 nitrogen and oxygen atoms in total. The van der Waals surface area contributed by atoms with Gasteiger partial charge < -0.3 is 19.3 Å². The van der Waals surface area contributed by atoms with Crippen LogP contribution in [0.3, 0.4) is 0 Å².